The standard InChI is InChI=1S/C20H28F3N3O3S/c1-24(9-8-20(21,22)23)15-19(27)25-10-12-26(13-11-25)30(28,29)18-7-6-16-4-2-3-5-17(16)14-18/h6-7,14H,2-5,8-13,15H2,1H3. The van der Waals surface area contributed by atoms with Gasteiger partial charge in [-0.05, 0) is 56.0 Å². The number of likely N-dealkylation sites (N-methyl/N-ethyl adjacent to an activating group) is 1. The lowest BCUT2D eigenvalue weighted by Gasteiger charge is -2.35. The molecule has 3 rings (SSSR count). The van der Waals surface area contributed by atoms with Gasteiger partial charge >= 0.3 is 6.18 Å². The lowest BCUT2D eigenvalue weighted by molar-refractivity contribution is -0.141. The number of hydrogen-bond donors (Lipinski definition) is 0. The van der Waals surface area contributed by atoms with Crippen LogP contribution in [0.15, 0.2) is 23.1 Å². The molecule has 1 aromatic rings. The lowest BCUT2D eigenvalue weighted by Crippen LogP contribution is -2.52. The lowest BCUT2D eigenvalue weighted by atomic mass is 9.92. The van der Waals surface area contributed by atoms with Crippen molar-refractivity contribution < 1.29 is 26.4 Å². The number of alkyl halides is 3. The van der Waals surface area contributed by atoms with Crippen LogP contribution in [0.25, 0.3) is 0 Å². The first kappa shape index (κ1) is 23.0. The smallest absolute Gasteiger partial charge is 0.339 e. The molecule has 0 N–H and O–H groups in total. The molecule has 6 nitrogen and oxygen atoms in total. The van der Waals surface area contributed by atoms with Crippen molar-refractivity contribution in [3.8, 4) is 0 Å². The average molecular weight is 448 g/mol. The van der Waals surface area contributed by atoms with Crippen LogP contribution in [0.1, 0.15) is 30.4 Å². The first-order valence-corrected chi connectivity index (χ1v) is 11.7. The van der Waals surface area contributed by atoms with Crippen molar-refractivity contribution in [2.75, 3.05) is 46.3 Å². The minimum absolute atomic E-state index is 0.117. The molecular weight excluding hydrogens is 419 g/mol. The Morgan fingerprint density at radius 3 is 2.33 bits per heavy atom. The largest absolute Gasteiger partial charge is 0.390 e. The van der Waals surface area contributed by atoms with E-state index in [0.29, 0.717) is 0 Å². The zero-order valence-corrected chi connectivity index (χ0v) is 17.9. The molecule has 1 aliphatic carbocycles. The molecule has 0 atom stereocenters. The van der Waals surface area contributed by atoms with E-state index in [0.717, 1.165) is 31.2 Å². The van der Waals surface area contributed by atoms with Crippen LogP contribution in [0.2, 0.25) is 0 Å². The SMILES string of the molecule is CN(CCC(F)(F)F)CC(=O)N1CCN(S(=O)(=O)c2ccc3c(c2)CCCC3)CC1. The fourth-order valence-corrected chi connectivity index (χ4v) is 5.40. The maximum absolute atomic E-state index is 13.0. The van der Waals surface area contributed by atoms with Gasteiger partial charge in [-0.15, -0.1) is 0 Å². The number of carbonyl (C=O) groups excluding carboxylic acids is 1. The van der Waals surface area contributed by atoms with Crippen molar-refractivity contribution in [1.29, 1.82) is 0 Å². The first-order chi connectivity index (χ1) is 14.1. The van der Waals surface area contributed by atoms with E-state index in [-0.39, 0.29) is 50.1 Å². The number of fused-ring (bicyclic) bond motifs is 1. The molecule has 30 heavy (non-hydrogen) atoms. The van der Waals surface area contributed by atoms with E-state index in [1.807, 2.05) is 6.07 Å². The quantitative estimate of drug-likeness (QED) is 0.672. The third-order valence-electron chi connectivity index (χ3n) is 5.73. The molecule has 0 unspecified atom stereocenters. The predicted octanol–water partition coefficient (Wildman–Crippen LogP) is 2.28. The van der Waals surface area contributed by atoms with E-state index in [1.165, 1.54) is 26.7 Å². The van der Waals surface area contributed by atoms with Crippen LogP contribution in [0, 0.1) is 0 Å². The van der Waals surface area contributed by atoms with Crippen molar-refractivity contribution >= 4 is 15.9 Å². The van der Waals surface area contributed by atoms with E-state index < -0.39 is 22.6 Å². The van der Waals surface area contributed by atoms with Crippen LogP contribution < -0.4 is 0 Å². The van der Waals surface area contributed by atoms with Gasteiger partial charge in [0, 0.05) is 32.7 Å². The van der Waals surface area contributed by atoms with Crippen LogP contribution in [-0.2, 0) is 27.7 Å². The number of aryl methyl sites for hydroxylation is 2. The molecule has 0 saturated carbocycles. The van der Waals surface area contributed by atoms with Crippen LogP contribution in [0.5, 0.6) is 0 Å². The summed E-state index contributed by atoms with van der Waals surface area (Å²) < 4.78 is 64.3. The molecule has 0 aromatic heterocycles. The molecule has 1 amide bonds. The molecule has 168 valence electrons. The Labute approximate surface area is 175 Å². The van der Waals surface area contributed by atoms with Gasteiger partial charge in [0.15, 0.2) is 0 Å². The second-order valence-electron chi connectivity index (χ2n) is 8.03. The summed E-state index contributed by atoms with van der Waals surface area (Å²) in [6, 6.07) is 5.33. The molecule has 0 spiro atoms. The summed E-state index contributed by atoms with van der Waals surface area (Å²) >= 11 is 0. The average Bonchev–Trinajstić information content (AvgIpc) is 2.71. The summed E-state index contributed by atoms with van der Waals surface area (Å²) in [4.78, 5) is 15.5. The van der Waals surface area contributed by atoms with E-state index in [1.54, 1.807) is 12.1 Å². The van der Waals surface area contributed by atoms with Gasteiger partial charge in [-0.25, -0.2) is 8.42 Å². The highest BCUT2D eigenvalue weighted by Crippen LogP contribution is 2.26. The Morgan fingerprint density at radius 2 is 1.70 bits per heavy atom. The number of rotatable bonds is 6. The molecular formula is C20H28F3N3O3S. The minimum Gasteiger partial charge on any atom is -0.339 e. The molecule has 0 radical (unpaired) electrons. The van der Waals surface area contributed by atoms with Gasteiger partial charge < -0.3 is 4.90 Å². The molecule has 10 heteroatoms. The summed E-state index contributed by atoms with van der Waals surface area (Å²) in [5.74, 6) is -0.287. The van der Waals surface area contributed by atoms with Gasteiger partial charge in [0.2, 0.25) is 15.9 Å². The van der Waals surface area contributed by atoms with Gasteiger partial charge in [-0.2, -0.15) is 17.5 Å². The zero-order valence-electron chi connectivity index (χ0n) is 17.1. The molecule has 1 fully saturated rings. The Hall–Kier alpha value is -1.65. The van der Waals surface area contributed by atoms with Crippen molar-refractivity contribution in [3.05, 3.63) is 29.3 Å². The van der Waals surface area contributed by atoms with Gasteiger partial charge in [-0.3, -0.25) is 9.69 Å². The second kappa shape index (κ2) is 9.23. The van der Waals surface area contributed by atoms with Gasteiger partial charge in [0.05, 0.1) is 17.9 Å². The molecule has 1 heterocycles. The molecule has 2 aliphatic rings. The molecule has 1 aromatic carbocycles. The number of sulfonamides is 1. The predicted molar refractivity (Wildman–Crippen MR) is 107 cm³/mol. The first-order valence-electron chi connectivity index (χ1n) is 10.2. The molecule has 1 aliphatic heterocycles. The normalized spacial score (nSPS) is 18.5. The van der Waals surface area contributed by atoms with Crippen LogP contribution >= 0.6 is 0 Å². The van der Waals surface area contributed by atoms with Crippen LogP contribution in [0.4, 0.5) is 13.2 Å². The van der Waals surface area contributed by atoms with E-state index >= 15 is 0 Å². The summed E-state index contributed by atoms with van der Waals surface area (Å²) in [6.07, 6.45) is -1.16. The zero-order chi connectivity index (χ0) is 21.9. The summed E-state index contributed by atoms with van der Waals surface area (Å²) in [5, 5.41) is 0. The second-order valence-corrected chi connectivity index (χ2v) is 9.96. The third-order valence-corrected chi connectivity index (χ3v) is 7.63. The number of carbonyl (C=O) groups is 1. The number of hydrogen-bond acceptors (Lipinski definition) is 4. The van der Waals surface area contributed by atoms with Crippen molar-refractivity contribution in [3.63, 3.8) is 0 Å². The number of piperazine rings is 1. The third kappa shape index (κ3) is 5.73. The molecule has 1 saturated heterocycles. The Morgan fingerprint density at radius 1 is 1.07 bits per heavy atom. The van der Waals surface area contributed by atoms with E-state index in [4.69, 9.17) is 0 Å². The van der Waals surface area contributed by atoms with Gasteiger partial charge in [0.25, 0.3) is 0 Å². The maximum atomic E-state index is 13.0. The Bertz CT molecular complexity index is 866. The van der Waals surface area contributed by atoms with E-state index in [9.17, 15) is 26.4 Å². The van der Waals surface area contributed by atoms with Crippen molar-refractivity contribution in [2.45, 2.75) is 43.2 Å². The van der Waals surface area contributed by atoms with E-state index in [2.05, 4.69) is 0 Å². The highest BCUT2D eigenvalue weighted by Gasteiger charge is 2.31. The monoisotopic (exact) mass is 447 g/mol. The van der Waals surface area contributed by atoms with Crippen molar-refractivity contribution in [2.24, 2.45) is 0 Å². The topological polar surface area (TPSA) is 60.9 Å². The summed E-state index contributed by atoms with van der Waals surface area (Å²) in [5.41, 5.74) is 2.31. The molecule has 0 bridgehead atoms. The fourth-order valence-electron chi connectivity index (χ4n) is 3.92. The highest BCUT2D eigenvalue weighted by molar-refractivity contribution is 7.89. The summed E-state index contributed by atoms with van der Waals surface area (Å²) in [6.45, 7) is 0.455. The van der Waals surface area contributed by atoms with Crippen molar-refractivity contribution in [1.82, 2.24) is 14.1 Å². The number of benzene rings is 1. The van der Waals surface area contributed by atoms with Gasteiger partial charge in [0.1, 0.15) is 0 Å². The number of amides is 1. The highest BCUT2D eigenvalue weighted by atomic mass is 32.2. The van der Waals surface area contributed by atoms with Crippen LogP contribution in [-0.4, -0.2) is 80.9 Å². The van der Waals surface area contributed by atoms with Gasteiger partial charge in [-0.1, -0.05) is 6.07 Å². The minimum atomic E-state index is -4.26. The summed E-state index contributed by atoms with van der Waals surface area (Å²) in [7, 11) is -2.16. The fraction of sp³-hybridized carbons (Fsp3) is 0.650. The number of halogens is 3. The Kier molecular flexibility index (Phi) is 7.09. The maximum Gasteiger partial charge on any atom is 0.390 e. The van der Waals surface area contributed by atoms with Crippen LogP contribution in [0.3, 0.4) is 0 Å². The number of nitrogens with zero attached hydrogens (tertiary/aromatic N) is 3. The Balaban J connectivity index is 1.55.